The normalized spacial score (nSPS) is 17.6. The lowest BCUT2D eigenvalue weighted by atomic mass is 10.0. The van der Waals surface area contributed by atoms with Crippen molar-refractivity contribution < 1.29 is 4.74 Å². The maximum atomic E-state index is 5.48. The number of rotatable bonds is 8. The molecule has 1 aliphatic rings. The fourth-order valence-electron chi connectivity index (χ4n) is 3.49. The van der Waals surface area contributed by atoms with Crippen LogP contribution in [0.25, 0.3) is 0 Å². The van der Waals surface area contributed by atoms with Gasteiger partial charge in [-0.25, -0.2) is 0 Å². The number of guanidine groups is 1. The van der Waals surface area contributed by atoms with Crippen LogP contribution in [0.4, 0.5) is 0 Å². The van der Waals surface area contributed by atoms with E-state index in [0.29, 0.717) is 5.92 Å². The molecular weight excluding hydrogens is 479 g/mol. The second-order valence-corrected chi connectivity index (χ2v) is 7.36. The molecule has 3 rings (SSSR count). The molecule has 0 radical (unpaired) electrons. The number of benzene rings is 1. The van der Waals surface area contributed by atoms with Crippen molar-refractivity contribution in [1.82, 2.24) is 25.4 Å². The predicted molar refractivity (Wildman–Crippen MR) is 127 cm³/mol. The molecule has 1 aromatic carbocycles. The highest BCUT2D eigenvalue weighted by atomic mass is 127. The fourth-order valence-corrected chi connectivity index (χ4v) is 3.49. The summed E-state index contributed by atoms with van der Waals surface area (Å²) in [6, 6.07) is 8.64. The largest absolute Gasteiger partial charge is 0.381 e. The lowest BCUT2D eigenvalue weighted by molar-refractivity contribution is 0.187. The predicted octanol–water partition coefficient (Wildman–Crippen LogP) is 3.10. The molecule has 2 unspecified atom stereocenters. The number of ether oxygens (including phenoxy) is 1. The summed E-state index contributed by atoms with van der Waals surface area (Å²) < 4.78 is 7.57. The van der Waals surface area contributed by atoms with E-state index < -0.39 is 0 Å². The number of halogens is 1. The van der Waals surface area contributed by atoms with E-state index >= 15 is 0 Å². The van der Waals surface area contributed by atoms with Gasteiger partial charge in [-0.3, -0.25) is 4.99 Å². The summed E-state index contributed by atoms with van der Waals surface area (Å²) in [5.74, 6) is 2.36. The van der Waals surface area contributed by atoms with E-state index in [1.54, 1.807) is 6.33 Å². The molecule has 0 bridgehead atoms. The lowest BCUT2D eigenvalue weighted by Crippen LogP contribution is -2.40. The summed E-state index contributed by atoms with van der Waals surface area (Å²) in [5.41, 5.74) is 2.57. The highest BCUT2D eigenvalue weighted by Crippen LogP contribution is 2.17. The van der Waals surface area contributed by atoms with Gasteiger partial charge in [-0.15, -0.1) is 34.2 Å². The molecule has 8 heteroatoms. The number of hydrogen-bond donors (Lipinski definition) is 2. The molecular formula is C21H33IN6O. The minimum absolute atomic E-state index is 0. The number of aryl methyl sites for hydroxylation is 2. The topological polar surface area (TPSA) is 76.4 Å². The van der Waals surface area contributed by atoms with Gasteiger partial charge in [0.2, 0.25) is 0 Å². The summed E-state index contributed by atoms with van der Waals surface area (Å²) >= 11 is 0. The zero-order valence-corrected chi connectivity index (χ0v) is 19.9. The first-order valence-electron chi connectivity index (χ1n) is 10.2. The average molecular weight is 512 g/mol. The zero-order chi connectivity index (χ0) is 19.8. The molecule has 0 saturated carbocycles. The van der Waals surface area contributed by atoms with Gasteiger partial charge in [0.15, 0.2) is 5.96 Å². The van der Waals surface area contributed by atoms with E-state index in [2.05, 4.69) is 70.4 Å². The Bertz CT molecular complexity index is 772. The zero-order valence-electron chi connectivity index (χ0n) is 17.6. The maximum absolute atomic E-state index is 5.48. The molecule has 1 aromatic heterocycles. The summed E-state index contributed by atoms with van der Waals surface area (Å²) in [6.07, 6.45) is 3.76. The van der Waals surface area contributed by atoms with Gasteiger partial charge in [0.25, 0.3) is 0 Å². The van der Waals surface area contributed by atoms with E-state index in [-0.39, 0.29) is 30.0 Å². The molecule has 7 nitrogen and oxygen atoms in total. The number of aliphatic imine (C=N–C) groups is 1. The van der Waals surface area contributed by atoms with Gasteiger partial charge in [0.05, 0.1) is 12.6 Å². The van der Waals surface area contributed by atoms with Crippen LogP contribution in [0.15, 0.2) is 35.6 Å². The van der Waals surface area contributed by atoms with Crippen LogP contribution in [0, 0.1) is 12.8 Å². The first-order valence-corrected chi connectivity index (χ1v) is 10.2. The first-order chi connectivity index (χ1) is 13.7. The summed E-state index contributed by atoms with van der Waals surface area (Å²) in [6.45, 7) is 10.4. The molecule has 2 heterocycles. The highest BCUT2D eigenvalue weighted by Gasteiger charge is 2.16. The second-order valence-electron chi connectivity index (χ2n) is 7.36. The van der Waals surface area contributed by atoms with Crippen LogP contribution >= 0.6 is 24.0 Å². The Morgan fingerprint density at radius 1 is 1.38 bits per heavy atom. The summed E-state index contributed by atoms with van der Waals surface area (Å²) in [5, 5.41) is 15.2. The van der Waals surface area contributed by atoms with Crippen molar-refractivity contribution in [3.8, 4) is 0 Å². The Hall–Kier alpha value is -1.68. The third kappa shape index (κ3) is 6.95. The van der Waals surface area contributed by atoms with Gasteiger partial charge in [-0.2, -0.15) is 0 Å². The number of nitrogens with one attached hydrogen (secondary N) is 2. The third-order valence-corrected chi connectivity index (χ3v) is 5.20. The molecule has 160 valence electrons. The van der Waals surface area contributed by atoms with Crippen LogP contribution in [-0.4, -0.2) is 47.0 Å². The standard InChI is InChI=1S/C21H32N6O.HI/c1-4-20-26-24-15-27(20)11-10-22-21(23-13-18-9-12-28-14-18)25-17(3)19-8-6-5-7-16(19)2;/h5-8,15,17-18H,4,9-14H2,1-3H3,(H2,22,23,25);1H. The number of aromatic nitrogens is 3. The van der Waals surface area contributed by atoms with E-state index in [1.165, 1.54) is 11.1 Å². The lowest BCUT2D eigenvalue weighted by Gasteiger charge is -2.21. The van der Waals surface area contributed by atoms with Crippen molar-refractivity contribution in [3.05, 3.63) is 47.5 Å². The van der Waals surface area contributed by atoms with Gasteiger partial charge in [0.1, 0.15) is 12.2 Å². The Morgan fingerprint density at radius 3 is 2.93 bits per heavy atom. The molecule has 1 aliphatic heterocycles. The van der Waals surface area contributed by atoms with E-state index in [0.717, 1.165) is 57.5 Å². The maximum Gasteiger partial charge on any atom is 0.191 e. The quantitative estimate of drug-likeness (QED) is 0.323. The number of nitrogens with zero attached hydrogens (tertiary/aromatic N) is 4. The second kappa shape index (κ2) is 12.1. The number of hydrogen-bond acceptors (Lipinski definition) is 4. The van der Waals surface area contributed by atoms with Gasteiger partial charge in [-0.1, -0.05) is 31.2 Å². The van der Waals surface area contributed by atoms with Crippen LogP contribution in [0.5, 0.6) is 0 Å². The van der Waals surface area contributed by atoms with Gasteiger partial charge in [-0.05, 0) is 31.4 Å². The van der Waals surface area contributed by atoms with Crippen molar-refractivity contribution >= 4 is 29.9 Å². The molecule has 0 amide bonds. The Labute approximate surface area is 190 Å². The van der Waals surface area contributed by atoms with Crippen LogP contribution in [0.2, 0.25) is 0 Å². The summed E-state index contributed by atoms with van der Waals surface area (Å²) in [4.78, 5) is 4.84. The van der Waals surface area contributed by atoms with Crippen molar-refractivity contribution in [1.29, 1.82) is 0 Å². The van der Waals surface area contributed by atoms with Crippen molar-refractivity contribution in [3.63, 3.8) is 0 Å². The van der Waals surface area contributed by atoms with Gasteiger partial charge < -0.3 is 19.9 Å². The van der Waals surface area contributed by atoms with Gasteiger partial charge >= 0.3 is 0 Å². The molecule has 1 saturated heterocycles. The molecule has 1 fully saturated rings. The SMILES string of the molecule is CCc1nncn1CCNC(=NCC1CCOC1)NC(C)c1ccccc1C.I. The molecule has 2 N–H and O–H groups in total. The minimum Gasteiger partial charge on any atom is -0.381 e. The van der Waals surface area contributed by atoms with Gasteiger partial charge in [0, 0.05) is 38.6 Å². The first kappa shape index (κ1) is 23.6. The van der Waals surface area contributed by atoms with Crippen molar-refractivity contribution in [2.24, 2.45) is 10.9 Å². The fraction of sp³-hybridized carbons (Fsp3) is 0.571. The molecule has 0 spiro atoms. The van der Waals surface area contributed by atoms with Crippen LogP contribution < -0.4 is 10.6 Å². The molecule has 2 aromatic rings. The average Bonchev–Trinajstić information content (AvgIpc) is 3.37. The third-order valence-electron chi connectivity index (χ3n) is 5.20. The molecule has 29 heavy (non-hydrogen) atoms. The Balaban J connectivity index is 0.00000300. The highest BCUT2D eigenvalue weighted by molar-refractivity contribution is 14.0. The van der Waals surface area contributed by atoms with Crippen LogP contribution in [0.1, 0.15) is 43.3 Å². The Morgan fingerprint density at radius 2 is 2.21 bits per heavy atom. The smallest absolute Gasteiger partial charge is 0.191 e. The summed E-state index contributed by atoms with van der Waals surface area (Å²) in [7, 11) is 0. The van der Waals surface area contributed by atoms with Crippen LogP contribution in [-0.2, 0) is 17.7 Å². The molecule has 0 aliphatic carbocycles. The minimum atomic E-state index is 0. The van der Waals surface area contributed by atoms with Crippen LogP contribution in [0.3, 0.4) is 0 Å². The Kier molecular flexibility index (Phi) is 9.86. The monoisotopic (exact) mass is 512 g/mol. The van der Waals surface area contributed by atoms with E-state index in [4.69, 9.17) is 9.73 Å². The molecule has 2 atom stereocenters. The van der Waals surface area contributed by atoms with E-state index in [9.17, 15) is 0 Å². The van der Waals surface area contributed by atoms with Crippen molar-refractivity contribution in [2.75, 3.05) is 26.3 Å². The van der Waals surface area contributed by atoms with E-state index in [1.807, 2.05) is 0 Å². The van der Waals surface area contributed by atoms with Crippen molar-refractivity contribution in [2.45, 2.75) is 46.2 Å².